The van der Waals surface area contributed by atoms with Gasteiger partial charge in [-0.05, 0) is 25.5 Å². The summed E-state index contributed by atoms with van der Waals surface area (Å²) in [7, 11) is 0. The van der Waals surface area contributed by atoms with Gasteiger partial charge in [-0.25, -0.2) is 4.98 Å². The average molecular weight is 243 g/mol. The second-order valence-corrected chi connectivity index (χ2v) is 4.54. The lowest BCUT2D eigenvalue weighted by atomic mass is 10.1. The van der Waals surface area contributed by atoms with Crippen LogP contribution in [0.5, 0.6) is 0 Å². The minimum absolute atomic E-state index is 0.962. The molecule has 2 rings (SSSR count). The lowest BCUT2D eigenvalue weighted by molar-refractivity contribution is 0.596. The second-order valence-electron chi connectivity index (χ2n) is 4.54. The lowest BCUT2D eigenvalue weighted by Crippen LogP contribution is -2.20. The van der Waals surface area contributed by atoms with Crippen molar-refractivity contribution in [1.29, 1.82) is 0 Å². The molecule has 0 unspecified atom stereocenters. The van der Waals surface area contributed by atoms with Crippen LogP contribution in [0.4, 0.5) is 0 Å². The number of hydrogen-bond donors (Lipinski definition) is 1. The van der Waals surface area contributed by atoms with Crippen LogP contribution in [0.2, 0.25) is 0 Å². The minimum Gasteiger partial charge on any atom is -0.329 e. The van der Waals surface area contributed by atoms with Gasteiger partial charge in [-0.3, -0.25) is 0 Å². The minimum atomic E-state index is 0.962. The van der Waals surface area contributed by atoms with Crippen LogP contribution < -0.4 is 5.32 Å². The van der Waals surface area contributed by atoms with Crippen LogP contribution in [0.1, 0.15) is 18.9 Å². The molecule has 0 saturated heterocycles. The molecule has 1 heterocycles. The molecule has 96 valence electrons. The fraction of sp³-hybridized carbons (Fsp3) is 0.400. The van der Waals surface area contributed by atoms with E-state index in [1.54, 1.807) is 0 Å². The van der Waals surface area contributed by atoms with Gasteiger partial charge in [0, 0.05) is 18.7 Å². The average Bonchev–Trinajstić information content (AvgIpc) is 2.83. The van der Waals surface area contributed by atoms with Crippen LogP contribution in [0.25, 0.3) is 11.3 Å². The molecule has 0 spiro atoms. The summed E-state index contributed by atoms with van der Waals surface area (Å²) >= 11 is 0. The Hall–Kier alpha value is -1.61. The zero-order chi connectivity index (χ0) is 12.8. The Morgan fingerprint density at radius 2 is 2.06 bits per heavy atom. The number of rotatable bonds is 6. The van der Waals surface area contributed by atoms with Gasteiger partial charge in [0.1, 0.15) is 0 Å². The van der Waals surface area contributed by atoms with Crippen molar-refractivity contribution in [2.75, 3.05) is 13.1 Å². The van der Waals surface area contributed by atoms with Crippen LogP contribution in [0.15, 0.2) is 36.8 Å². The van der Waals surface area contributed by atoms with Gasteiger partial charge in [-0.2, -0.15) is 0 Å². The first-order chi connectivity index (χ1) is 8.83. The summed E-state index contributed by atoms with van der Waals surface area (Å²) in [6.07, 6.45) is 5.03. The summed E-state index contributed by atoms with van der Waals surface area (Å²) in [5, 5.41) is 3.42. The summed E-state index contributed by atoms with van der Waals surface area (Å²) < 4.78 is 2.21. The Balaban J connectivity index is 2.10. The van der Waals surface area contributed by atoms with Gasteiger partial charge in [-0.1, -0.05) is 31.2 Å². The molecular formula is C15H21N3. The molecule has 0 atom stereocenters. The Labute approximate surface area is 109 Å². The van der Waals surface area contributed by atoms with E-state index in [1.807, 2.05) is 12.5 Å². The van der Waals surface area contributed by atoms with Gasteiger partial charge in [0.15, 0.2) is 0 Å². The fourth-order valence-electron chi connectivity index (χ4n) is 2.08. The van der Waals surface area contributed by atoms with Crippen molar-refractivity contribution in [2.24, 2.45) is 0 Å². The monoisotopic (exact) mass is 243 g/mol. The molecule has 0 aliphatic carbocycles. The number of nitrogens with one attached hydrogen (secondary N) is 1. The SMILES string of the molecule is CCCNCCn1cncc1-c1ccccc1C. The molecule has 0 fully saturated rings. The van der Waals surface area contributed by atoms with Crippen molar-refractivity contribution < 1.29 is 0 Å². The van der Waals surface area contributed by atoms with Crippen molar-refractivity contribution in [2.45, 2.75) is 26.8 Å². The molecule has 0 bridgehead atoms. The van der Waals surface area contributed by atoms with E-state index in [0.29, 0.717) is 0 Å². The highest BCUT2D eigenvalue weighted by molar-refractivity contribution is 5.63. The summed E-state index contributed by atoms with van der Waals surface area (Å²) in [6, 6.07) is 8.45. The maximum Gasteiger partial charge on any atom is 0.0951 e. The number of imidazole rings is 1. The third-order valence-electron chi connectivity index (χ3n) is 3.09. The normalized spacial score (nSPS) is 10.8. The second kappa shape index (κ2) is 6.36. The van der Waals surface area contributed by atoms with E-state index in [-0.39, 0.29) is 0 Å². The van der Waals surface area contributed by atoms with Crippen molar-refractivity contribution in [1.82, 2.24) is 14.9 Å². The first-order valence-corrected chi connectivity index (χ1v) is 6.59. The lowest BCUT2D eigenvalue weighted by Gasteiger charge is -2.10. The molecule has 18 heavy (non-hydrogen) atoms. The molecule has 1 aromatic heterocycles. The third-order valence-corrected chi connectivity index (χ3v) is 3.09. The summed E-state index contributed by atoms with van der Waals surface area (Å²) in [5.74, 6) is 0. The summed E-state index contributed by atoms with van der Waals surface area (Å²) in [5.41, 5.74) is 3.76. The zero-order valence-electron chi connectivity index (χ0n) is 11.2. The summed E-state index contributed by atoms with van der Waals surface area (Å²) in [6.45, 7) is 7.35. The number of aryl methyl sites for hydroxylation is 1. The van der Waals surface area contributed by atoms with Gasteiger partial charge < -0.3 is 9.88 Å². The van der Waals surface area contributed by atoms with Crippen LogP contribution >= 0.6 is 0 Å². The molecular weight excluding hydrogens is 222 g/mol. The molecule has 2 aromatic rings. The number of nitrogens with zero attached hydrogens (tertiary/aromatic N) is 2. The first-order valence-electron chi connectivity index (χ1n) is 6.59. The Morgan fingerprint density at radius 1 is 1.22 bits per heavy atom. The molecule has 1 N–H and O–H groups in total. The highest BCUT2D eigenvalue weighted by atomic mass is 15.1. The van der Waals surface area contributed by atoms with Crippen LogP contribution in [-0.2, 0) is 6.54 Å². The van der Waals surface area contributed by atoms with E-state index in [4.69, 9.17) is 0 Å². The predicted molar refractivity (Wildman–Crippen MR) is 75.6 cm³/mol. The molecule has 3 heteroatoms. The van der Waals surface area contributed by atoms with Crippen LogP contribution in [0, 0.1) is 6.92 Å². The molecule has 0 amide bonds. The molecule has 0 aliphatic rings. The van der Waals surface area contributed by atoms with Crippen molar-refractivity contribution in [3.8, 4) is 11.3 Å². The van der Waals surface area contributed by atoms with Crippen molar-refractivity contribution in [3.63, 3.8) is 0 Å². The summed E-state index contributed by atoms with van der Waals surface area (Å²) in [4.78, 5) is 4.27. The predicted octanol–water partition coefficient (Wildman–Crippen LogP) is 2.86. The Bertz CT molecular complexity index is 488. The molecule has 1 aromatic carbocycles. The first kappa shape index (κ1) is 12.8. The van der Waals surface area contributed by atoms with E-state index >= 15 is 0 Å². The third kappa shape index (κ3) is 2.99. The van der Waals surface area contributed by atoms with Gasteiger partial charge >= 0.3 is 0 Å². The maximum atomic E-state index is 4.27. The van der Waals surface area contributed by atoms with Gasteiger partial charge in [-0.15, -0.1) is 0 Å². The van der Waals surface area contributed by atoms with E-state index in [9.17, 15) is 0 Å². The molecule has 0 radical (unpaired) electrons. The van der Waals surface area contributed by atoms with E-state index < -0.39 is 0 Å². The topological polar surface area (TPSA) is 29.9 Å². The number of hydrogen-bond acceptors (Lipinski definition) is 2. The van der Waals surface area contributed by atoms with Crippen molar-refractivity contribution >= 4 is 0 Å². The molecule has 0 saturated carbocycles. The van der Waals surface area contributed by atoms with Crippen LogP contribution in [0.3, 0.4) is 0 Å². The standard InChI is InChI=1S/C15H21N3/c1-3-8-16-9-10-18-12-17-11-15(18)14-7-5-4-6-13(14)2/h4-7,11-12,16H,3,8-10H2,1-2H3. The molecule has 0 aliphatic heterocycles. The van der Waals surface area contributed by atoms with Crippen LogP contribution in [-0.4, -0.2) is 22.6 Å². The van der Waals surface area contributed by atoms with Gasteiger partial charge in [0.05, 0.1) is 18.2 Å². The van der Waals surface area contributed by atoms with E-state index in [1.165, 1.54) is 23.2 Å². The highest BCUT2D eigenvalue weighted by Crippen LogP contribution is 2.22. The molecule has 3 nitrogen and oxygen atoms in total. The van der Waals surface area contributed by atoms with E-state index in [0.717, 1.165) is 19.6 Å². The zero-order valence-corrected chi connectivity index (χ0v) is 11.2. The Kier molecular flexibility index (Phi) is 4.53. The number of benzene rings is 1. The smallest absolute Gasteiger partial charge is 0.0951 e. The van der Waals surface area contributed by atoms with Gasteiger partial charge in [0.25, 0.3) is 0 Å². The number of aromatic nitrogens is 2. The van der Waals surface area contributed by atoms with Crippen molar-refractivity contribution in [3.05, 3.63) is 42.4 Å². The maximum absolute atomic E-state index is 4.27. The Morgan fingerprint density at radius 3 is 2.83 bits per heavy atom. The van der Waals surface area contributed by atoms with Gasteiger partial charge in [0.2, 0.25) is 0 Å². The highest BCUT2D eigenvalue weighted by Gasteiger charge is 2.06. The quantitative estimate of drug-likeness (QED) is 0.791. The fourth-order valence-corrected chi connectivity index (χ4v) is 2.08. The van der Waals surface area contributed by atoms with E-state index in [2.05, 4.69) is 53.0 Å². The largest absolute Gasteiger partial charge is 0.329 e.